The van der Waals surface area contributed by atoms with E-state index in [1.54, 1.807) is 22.9 Å². The van der Waals surface area contributed by atoms with Gasteiger partial charge in [0.25, 0.3) is 5.91 Å². The summed E-state index contributed by atoms with van der Waals surface area (Å²) in [5, 5.41) is 27.8. The van der Waals surface area contributed by atoms with Gasteiger partial charge in [-0.3, -0.25) is 24.0 Å². The third kappa shape index (κ3) is 15.6. The molecule has 4 amide bonds. The second-order valence-electron chi connectivity index (χ2n) is 20.7. The van der Waals surface area contributed by atoms with Gasteiger partial charge in [0.05, 0.1) is 47.6 Å². The molecule has 18 heteroatoms. The van der Waals surface area contributed by atoms with Crippen LogP contribution in [0.2, 0.25) is 0 Å². The minimum atomic E-state index is -0.984. The topological polar surface area (TPSA) is 210 Å². The summed E-state index contributed by atoms with van der Waals surface area (Å²) >= 11 is 1.57. The van der Waals surface area contributed by atoms with Crippen LogP contribution in [0.3, 0.4) is 0 Å². The van der Waals surface area contributed by atoms with Gasteiger partial charge in [-0.1, -0.05) is 94.1 Å². The van der Waals surface area contributed by atoms with Crippen molar-refractivity contribution in [2.45, 2.75) is 132 Å². The van der Waals surface area contributed by atoms with Crippen molar-refractivity contribution in [3.8, 4) is 32.8 Å². The monoisotopic (exact) mass is 1070 g/mol. The highest BCUT2D eigenvalue weighted by Gasteiger charge is 2.45. The molecular formula is C59H77N9O8S. The van der Waals surface area contributed by atoms with E-state index in [1.165, 1.54) is 4.90 Å². The third-order valence-electron chi connectivity index (χ3n) is 14.0. The molecule has 2 aromatic heterocycles. The van der Waals surface area contributed by atoms with Gasteiger partial charge in [0.2, 0.25) is 17.7 Å². The molecule has 2 aliphatic heterocycles. The number of carbonyl (C=O) groups is 5. The second-order valence-corrected chi connectivity index (χ2v) is 21.6. The van der Waals surface area contributed by atoms with Gasteiger partial charge in [-0.25, -0.2) is 9.67 Å². The van der Waals surface area contributed by atoms with Crippen molar-refractivity contribution in [1.82, 2.24) is 40.8 Å². The molecule has 0 unspecified atom stereocenters. The number of β-amino-alcohol motifs (C(OH)–C–C–N with tert-alkyl or cyclic N) is 1. The smallest absolute Gasteiger partial charge is 0.250 e. The maximum absolute atomic E-state index is 14.1. The predicted octanol–water partition coefficient (Wildman–Crippen LogP) is 8.55. The lowest BCUT2D eigenvalue weighted by molar-refractivity contribution is -0.144. The lowest BCUT2D eigenvalue weighted by Gasteiger charge is -2.36. The highest BCUT2D eigenvalue weighted by molar-refractivity contribution is 7.13. The van der Waals surface area contributed by atoms with Crippen LogP contribution < -0.4 is 20.9 Å². The molecule has 4 N–H and O–H groups in total. The molecule has 0 aliphatic carbocycles. The molecule has 2 aliphatic rings. The van der Waals surface area contributed by atoms with Crippen LogP contribution in [0, 0.1) is 19.3 Å². The van der Waals surface area contributed by atoms with Gasteiger partial charge in [-0.15, -0.1) is 16.4 Å². The summed E-state index contributed by atoms with van der Waals surface area (Å²) in [6, 6.07) is 18.2. The molecule has 5 aromatic rings. The molecular weight excluding hydrogens is 995 g/mol. The molecule has 0 bridgehead atoms. The molecule has 7 rings (SSSR count). The lowest BCUT2D eigenvalue weighted by Crippen LogP contribution is -2.58. The number of allylic oxidation sites excluding steroid dienone is 2. The van der Waals surface area contributed by atoms with Crippen LogP contribution in [0.5, 0.6) is 0 Å². The Kier molecular flexibility index (Phi) is 21.2. The third-order valence-corrected chi connectivity index (χ3v) is 15.0. The van der Waals surface area contributed by atoms with Crippen LogP contribution >= 0.6 is 11.3 Å². The van der Waals surface area contributed by atoms with Crippen molar-refractivity contribution < 1.29 is 38.6 Å². The number of hydrogen-bond acceptors (Lipinski definition) is 13. The first-order chi connectivity index (χ1) is 36.8. The predicted molar refractivity (Wildman–Crippen MR) is 302 cm³/mol. The van der Waals surface area contributed by atoms with Crippen LogP contribution in [-0.4, -0.2) is 124 Å². The first-order valence-electron chi connectivity index (χ1n) is 26.5. The van der Waals surface area contributed by atoms with Gasteiger partial charge in [0.15, 0.2) is 0 Å². The molecule has 2 fully saturated rings. The van der Waals surface area contributed by atoms with Gasteiger partial charge in [0, 0.05) is 66.9 Å². The van der Waals surface area contributed by atoms with E-state index >= 15 is 0 Å². The summed E-state index contributed by atoms with van der Waals surface area (Å²) in [5.41, 5.74) is 11.7. The number of hydrogen-bond donors (Lipinski definition) is 4. The molecule has 3 aromatic carbocycles. The number of aliphatic hydroxyl groups excluding tert-OH is 1. The Bertz CT molecular complexity index is 2860. The molecule has 0 radical (unpaired) electrons. The van der Waals surface area contributed by atoms with Crippen molar-refractivity contribution in [1.29, 1.82) is 0 Å². The highest BCUT2D eigenvalue weighted by atomic mass is 32.1. The van der Waals surface area contributed by atoms with E-state index in [0.717, 1.165) is 101 Å². The van der Waals surface area contributed by atoms with Crippen LogP contribution in [0.4, 0.5) is 5.69 Å². The lowest BCUT2D eigenvalue weighted by atomic mass is 9.85. The van der Waals surface area contributed by atoms with Crippen LogP contribution in [0.25, 0.3) is 32.8 Å². The number of thiazole rings is 1. The van der Waals surface area contributed by atoms with E-state index < -0.39 is 35.4 Å². The summed E-state index contributed by atoms with van der Waals surface area (Å²) in [6.07, 6.45) is 6.43. The van der Waals surface area contributed by atoms with Gasteiger partial charge >= 0.3 is 0 Å². The molecule has 4 heterocycles. The van der Waals surface area contributed by atoms with E-state index in [2.05, 4.69) is 55.7 Å². The molecule has 412 valence electrons. The van der Waals surface area contributed by atoms with Crippen molar-refractivity contribution in [2.75, 3.05) is 44.4 Å². The number of nitrogens with zero attached hydrogens (tertiary/aromatic N) is 6. The van der Waals surface area contributed by atoms with E-state index in [-0.39, 0.29) is 44.0 Å². The van der Waals surface area contributed by atoms with Crippen molar-refractivity contribution in [2.24, 2.45) is 5.41 Å². The Morgan fingerprint density at radius 2 is 1.66 bits per heavy atom. The number of ether oxygens (including phenoxy) is 2. The van der Waals surface area contributed by atoms with E-state index in [4.69, 9.17) is 9.47 Å². The summed E-state index contributed by atoms with van der Waals surface area (Å²) in [5.74, 6) is -1.35. The zero-order valence-electron chi connectivity index (χ0n) is 46.4. The molecule has 0 saturated carbocycles. The fourth-order valence-electron chi connectivity index (χ4n) is 9.61. The number of benzene rings is 3. The number of likely N-dealkylation sites (tertiary alicyclic amines) is 1. The molecule has 4 atom stereocenters. The van der Waals surface area contributed by atoms with Crippen molar-refractivity contribution in [3.05, 3.63) is 119 Å². The molecule has 17 nitrogen and oxygen atoms in total. The number of aromatic nitrogens is 4. The second kappa shape index (κ2) is 27.5. The maximum Gasteiger partial charge on any atom is 0.250 e. The van der Waals surface area contributed by atoms with Crippen molar-refractivity contribution in [3.63, 3.8) is 0 Å². The van der Waals surface area contributed by atoms with E-state index in [9.17, 15) is 29.1 Å². The Hall–Kier alpha value is -6.86. The minimum Gasteiger partial charge on any atom is -0.391 e. The Morgan fingerprint density at radius 1 is 0.987 bits per heavy atom. The first kappa shape index (κ1) is 59.4. The molecule has 77 heavy (non-hydrogen) atoms. The highest BCUT2D eigenvalue weighted by Crippen LogP contribution is 2.35. The number of anilines is 1. The number of nitrogens with one attached hydrogen (secondary N) is 3. The average Bonchev–Trinajstić information content (AvgIpc) is 4.18. The average molecular weight is 1070 g/mol. The normalized spacial score (nSPS) is 16.7. The zero-order chi connectivity index (χ0) is 56.0. The van der Waals surface area contributed by atoms with Gasteiger partial charge < -0.3 is 40.3 Å². The van der Waals surface area contributed by atoms with Crippen LogP contribution in [0.1, 0.15) is 114 Å². The van der Waals surface area contributed by atoms with E-state index in [0.29, 0.717) is 29.5 Å². The van der Waals surface area contributed by atoms with Gasteiger partial charge in [0.1, 0.15) is 30.7 Å². The molecule has 2 saturated heterocycles. The van der Waals surface area contributed by atoms with Crippen LogP contribution in [-0.2, 0) is 35.2 Å². The maximum atomic E-state index is 14.1. The quantitative estimate of drug-likeness (QED) is 0.0328. The number of aliphatic hydroxyl groups is 1. The number of amides is 4. The van der Waals surface area contributed by atoms with E-state index in [1.807, 2.05) is 128 Å². The molecule has 0 spiro atoms. The van der Waals surface area contributed by atoms with Crippen molar-refractivity contribution >= 4 is 46.9 Å². The van der Waals surface area contributed by atoms with Gasteiger partial charge in [-0.2, -0.15) is 0 Å². The fourth-order valence-corrected chi connectivity index (χ4v) is 10.4. The number of rotatable bonds is 20. The zero-order valence-corrected chi connectivity index (χ0v) is 47.2. The number of carbonyl (C=O) groups excluding carboxylic acids is 5. The number of aryl methyl sites for hydroxylation is 1. The largest absolute Gasteiger partial charge is 0.391 e. The van der Waals surface area contributed by atoms with Crippen LogP contribution in [0.15, 0.2) is 96.3 Å². The van der Waals surface area contributed by atoms with Gasteiger partial charge in [-0.05, 0) is 106 Å². The Labute approximate surface area is 457 Å². The summed E-state index contributed by atoms with van der Waals surface area (Å²) in [6.45, 7) is 25.2. The fraction of sp³-hybridized carbons (Fsp3) is 0.458. The summed E-state index contributed by atoms with van der Waals surface area (Å²) in [4.78, 5) is 73.6. The summed E-state index contributed by atoms with van der Waals surface area (Å²) < 4.78 is 13.0. The Balaban J connectivity index is 0.000000785. The first-order valence-corrected chi connectivity index (χ1v) is 27.4. The minimum absolute atomic E-state index is 0.0258. The summed E-state index contributed by atoms with van der Waals surface area (Å²) in [7, 11) is 0. The standard InChI is InChI=1S/C50H62N8O7S.C9H15NO/c1-8-57(40-17-20-64-21-18-40)43-24-38(23-39(28-59)31(43)2)35-11-13-36(14-12-35)42-27-56(55-54-42)19-22-65-29-45(61)53-47(50(5,6)7)49(63)58-26-41(60)25-44(58)48(62)52-32(3)34-9-15-37(16-10-34)46-33(4)51-30-66-46;1-5-8(6-2)9(11)10-7(3)4/h9-16,23-24,27-28,30,32,40-41,44,47,60H,8,17-22,25-26,29H2,1-7H3,(H,52,62)(H,53,61);5H,3,6H2,1-2,4H3,(H,10,11)/b;8-5+/t32-,41+,44-,47+;/m0./s1. The Morgan fingerprint density at radius 3 is 2.26 bits per heavy atom. The number of aldehydes is 1. The SMILES string of the molecule is C=C(C)NC(=O)/C(=C/C)CC.CCN(c1cc(-c2ccc(-c3cn(CCOCC(=O)N[C@H](C(=O)N4C[C@H](O)C[C@H]4C(=O)N[C@@H](C)c4ccc(-c5scnc5C)cc4)C(C)(C)C)nn3)cc2)cc(C=O)c1C)C1CCOCC1.